The van der Waals surface area contributed by atoms with E-state index < -0.39 is 0 Å². The fourth-order valence-electron chi connectivity index (χ4n) is 2.87. The van der Waals surface area contributed by atoms with Crippen LogP contribution in [0.1, 0.15) is 16.7 Å². The van der Waals surface area contributed by atoms with Crippen molar-refractivity contribution >= 4 is 23.2 Å². The first-order chi connectivity index (χ1) is 13.7. The number of ether oxygens (including phenoxy) is 2. The van der Waals surface area contributed by atoms with Crippen molar-refractivity contribution in [2.45, 2.75) is 6.61 Å². The minimum Gasteiger partial charge on any atom is -0.497 e. The summed E-state index contributed by atoms with van der Waals surface area (Å²) in [5.41, 5.74) is 4.09. The molecular weight excluding hydrogens is 350 g/mol. The van der Waals surface area contributed by atoms with Crippen LogP contribution in [-0.4, -0.2) is 20.1 Å². The fourth-order valence-corrected chi connectivity index (χ4v) is 2.87. The summed E-state index contributed by atoms with van der Waals surface area (Å²) in [7, 11) is 3.28. The molecule has 0 aliphatic carbocycles. The molecule has 0 aliphatic heterocycles. The molecule has 4 heteroatoms. The summed E-state index contributed by atoms with van der Waals surface area (Å²) in [5, 5.41) is 2.99. The molecule has 3 aromatic carbocycles. The van der Waals surface area contributed by atoms with Crippen molar-refractivity contribution in [1.29, 1.82) is 0 Å². The number of carbonyl (C=O) groups is 1. The summed E-state index contributed by atoms with van der Waals surface area (Å²) in [6.07, 6.45) is 1.88. The lowest BCUT2D eigenvalue weighted by Crippen LogP contribution is -2.13. The van der Waals surface area contributed by atoms with Crippen LogP contribution in [0.3, 0.4) is 0 Å². The average Bonchev–Trinajstić information content (AvgIpc) is 2.73. The SMILES string of the molecule is COCc1cccc(NC(=O)/C(=C/c2ccc(OC)cc2)c2ccccc2)c1. The molecule has 0 bridgehead atoms. The van der Waals surface area contributed by atoms with Crippen LogP contribution < -0.4 is 10.1 Å². The lowest BCUT2D eigenvalue weighted by molar-refractivity contribution is -0.111. The Hall–Kier alpha value is -3.37. The molecule has 0 radical (unpaired) electrons. The van der Waals surface area contributed by atoms with E-state index >= 15 is 0 Å². The molecule has 1 N–H and O–H groups in total. The van der Waals surface area contributed by atoms with E-state index in [-0.39, 0.29) is 5.91 Å². The van der Waals surface area contributed by atoms with E-state index in [1.54, 1.807) is 14.2 Å². The normalized spacial score (nSPS) is 11.1. The molecule has 3 rings (SSSR count). The maximum Gasteiger partial charge on any atom is 0.256 e. The molecule has 3 aromatic rings. The van der Waals surface area contributed by atoms with Crippen LogP contribution in [0, 0.1) is 0 Å². The van der Waals surface area contributed by atoms with E-state index in [1.165, 1.54) is 0 Å². The van der Waals surface area contributed by atoms with Gasteiger partial charge in [-0.15, -0.1) is 0 Å². The van der Waals surface area contributed by atoms with Crippen molar-refractivity contribution in [3.63, 3.8) is 0 Å². The molecule has 4 nitrogen and oxygen atoms in total. The van der Waals surface area contributed by atoms with Gasteiger partial charge in [-0.05, 0) is 47.0 Å². The van der Waals surface area contributed by atoms with E-state index in [0.717, 1.165) is 28.1 Å². The van der Waals surface area contributed by atoms with Crippen molar-refractivity contribution in [2.75, 3.05) is 19.5 Å². The van der Waals surface area contributed by atoms with Gasteiger partial charge in [0.05, 0.1) is 13.7 Å². The Morgan fingerprint density at radius 3 is 2.36 bits per heavy atom. The highest BCUT2D eigenvalue weighted by atomic mass is 16.5. The van der Waals surface area contributed by atoms with E-state index in [9.17, 15) is 4.79 Å². The van der Waals surface area contributed by atoms with Crippen LogP contribution in [0.15, 0.2) is 78.9 Å². The predicted octanol–water partition coefficient (Wildman–Crippen LogP) is 5.02. The number of nitrogens with one attached hydrogen (secondary N) is 1. The Bertz CT molecular complexity index is 947. The second-order valence-electron chi connectivity index (χ2n) is 6.28. The highest BCUT2D eigenvalue weighted by Gasteiger charge is 2.13. The smallest absolute Gasteiger partial charge is 0.256 e. The number of benzene rings is 3. The monoisotopic (exact) mass is 373 g/mol. The van der Waals surface area contributed by atoms with Crippen LogP contribution in [-0.2, 0) is 16.1 Å². The van der Waals surface area contributed by atoms with Crippen LogP contribution in [0.2, 0.25) is 0 Å². The second-order valence-corrected chi connectivity index (χ2v) is 6.28. The molecular formula is C24H23NO3. The largest absolute Gasteiger partial charge is 0.497 e. The summed E-state index contributed by atoms with van der Waals surface area (Å²) in [6, 6.07) is 24.9. The van der Waals surface area contributed by atoms with E-state index in [4.69, 9.17) is 9.47 Å². The van der Waals surface area contributed by atoms with Crippen LogP contribution >= 0.6 is 0 Å². The maximum absolute atomic E-state index is 13.1. The van der Waals surface area contributed by atoms with Crippen LogP contribution in [0.5, 0.6) is 5.75 Å². The minimum atomic E-state index is -0.170. The number of methoxy groups -OCH3 is 2. The van der Waals surface area contributed by atoms with Gasteiger partial charge in [-0.1, -0.05) is 54.6 Å². The molecule has 0 saturated heterocycles. The summed E-state index contributed by atoms with van der Waals surface area (Å²) >= 11 is 0. The Balaban J connectivity index is 1.91. The summed E-state index contributed by atoms with van der Waals surface area (Å²) in [5.74, 6) is 0.606. The third-order valence-corrected chi connectivity index (χ3v) is 4.25. The number of hydrogen-bond donors (Lipinski definition) is 1. The molecule has 0 heterocycles. The molecule has 1 amide bonds. The molecule has 0 aliphatic rings. The van der Waals surface area contributed by atoms with Gasteiger partial charge >= 0.3 is 0 Å². The average molecular weight is 373 g/mol. The molecule has 0 aromatic heterocycles. The highest BCUT2D eigenvalue weighted by Crippen LogP contribution is 2.22. The first kappa shape index (κ1) is 19.4. The molecule has 0 spiro atoms. The number of amides is 1. The lowest BCUT2D eigenvalue weighted by atomic mass is 10.0. The molecule has 0 unspecified atom stereocenters. The first-order valence-electron chi connectivity index (χ1n) is 9.00. The fraction of sp³-hybridized carbons (Fsp3) is 0.125. The van der Waals surface area contributed by atoms with Crippen molar-refractivity contribution in [2.24, 2.45) is 0 Å². The van der Waals surface area contributed by atoms with Gasteiger partial charge in [0.1, 0.15) is 5.75 Å². The van der Waals surface area contributed by atoms with Gasteiger partial charge in [0, 0.05) is 18.4 Å². The Morgan fingerprint density at radius 1 is 0.929 bits per heavy atom. The molecule has 142 valence electrons. The topological polar surface area (TPSA) is 47.6 Å². The molecule has 0 fully saturated rings. The molecule has 28 heavy (non-hydrogen) atoms. The third-order valence-electron chi connectivity index (χ3n) is 4.25. The van der Waals surface area contributed by atoms with Gasteiger partial charge < -0.3 is 14.8 Å². The number of anilines is 1. The van der Waals surface area contributed by atoms with E-state index in [2.05, 4.69) is 5.32 Å². The van der Waals surface area contributed by atoms with Gasteiger partial charge in [0.2, 0.25) is 0 Å². The van der Waals surface area contributed by atoms with Crippen molar-refractivity contribution in [3.8, 4) is 5.75 Å². The zero-order valence-corrected chi connectivity index (χ0v) is 16.0. The van der Waals surface area contributed by atoms with Crippen molar-refractivity contribution < 1.29 is 14.3 Å². The summed E-state index contributed by atoms with van der Waals surface area (Å²) < 4.78 is 10.4. The third kappa shape index (κ3) is 5.09. The zero-order valence-electron chi connectivity index (χ0n) is 16.0. The van der Waals surface area contributed by atoms with Crippen LogP contribution in [0.25, 0.3) is 11.6 Å². The minimum absolute atomic E-state index is 0.170. The Kier molecular flexibility index (Phi) is 6.60. The Morgan fingerprint density at radius 2 is 1.68 bits per heavy atom. The number of carbonyl (C=O) groups excluding carboxylic acids is 1. The van der Waals surface area contributed by atoms with E-state index in [1.807, 2.05) is 84.9 Å². The lowest BCUT2D eigenvalue weighted by Gasteiger charge is -2.11. The first-order valence-corrected chi connectivity index (χ1v) is 9.00. The van der Waals surface area contributed by atoms with Gasteiger partial charge in [0.25, 0.3) is 5.91 Å². The molecule has 0 atom stereocenters. The molecule has 0 saturated carbocycles. The second kappa shape index (κ2) is 9.53. The van der Waals surface area contributed by atoms with Gasteiger partial charge in [-0.3, -0.25) is 4.79 Å². The van der Waals surface area contributed by atoms with Gasteiger partial charge in [0.15, 0.2) is 0 Å². The number of hydrogen-bond acceptors (Lipinski definition) is 3. The summed E-state index contributed by atoms with van der Waals surface area (Å²) in [6.45, 7) is 0.497. The van der Waals surface area contributed by atoms with Crippen molar-refractivity contribution in [1.82, 2.24) is 0 Å². The number of rotatable bonds is 7. The zero-order chi connectivity index (χ0) is 19.8. The summed E-state index contributed by atoms with van der Waals surface area (Å²) in [4.78, 5) is 13.1. The highest BCUT2D eigenvalue weighted by molar-refractivity contribution is 6.29. The van der Waals surface area contributed by atoms with Gasteiger partial charge in [-0.25, -0.2) is 0 Å². The van der Waals surface area contributed by atoms with Gasteiger partial charge in [-0.2, -0.15) is 0 Å². The van der Waals surface area contributed by atoms with Crippen molar-refractivity contribution in [3.05, 3.63) is 95.6 Å². The maximum atomic E-state index is 13.1. The standard InChI is InChI=1S/C24H23NO3/c1-27-17-19-7-6-10-21(15-19)25-24(26)23(20-8-4-3-5-9-20)16-18-11-13-22(28-2)14-12-18/h3-16H,17H2,1-2H3,(H,25,26)/b23-16+. The van der Waals surface area contributed by atoms with E-state index in [0.29, 0.717) is 12.2 Å². The Labute approximate surface area is 165 Å². The predicted molar refractivity (Wildman–Crippen MR) is 113 cm³/mol. The van der Waals surface area contributed by atoms with Crippen LogP contribution in [0.4, 0.5) is 5.69 Å². The quantitative estimate of drug-likeness (QED) is 0.467.